The van der Waals surface area contributed by atoms with Gasteiger partial charge in [-0.25, -0.2) is 4.79 Å². The highest BCUT2D eigenvalue weighted by Crippen LogP contribution is 2.23. The Morgan fingerprint density at radius 1 is 1.19 bits per heavy atom. The molecule has 1 saturated carbocycles. The fraction of sp³-hybridized carbons (Fsp3) is 0.500. The van der Waals surface area contributed by atoms with Gasteiger partial charge >= 0.3 is 6.03 Å². The van der Waals surface area contributed by atoms with Crippen LogP contribution in [0.5, 0.6) is 0 Å². The molecule has 1 fully saturated rings. The van der Waals surface area contributed by atoms with Gasteiger partial charge in [0.25, 0.3) is 0 Å². The number of thioether (sulfide) groups is 1. The highest BCUT2D eigenvalue weighted by Gasteiger charge is 2.18. The van der Waals surface area contributed by atoms with Gasteiger partial charge in [-0.15, -0.1) is 5.10 Å². The molecule has 0 radical (unpaired) electrons. The third kappa shape index (κ3) is 5.06. The standard InChI is InChI=1S/C18H24N6O2S/c1-12-7-6-8-13(2)16(12)24-18(21-22-23-24)27-11-15(25)20-17(26)19-14-9-4-3-5-10-14/h6-8,14H,3-5,9-11H2,1-2H3,(H2,19,20,25,26). The number of nitrogens with zero attached hydrogens (tertiary/aromatic N) is 4. The molecule has 1 aliphatic carbocycles. The number of benzene rings is 1. The average Bonchev–Trinajstić information content (AvgIpc) is 3.09. The van der Waals surface area contributed by atoms with E-state index in [1.807, 2.05) is 32.0 Å². The first-order valence-corrected chi connectivity index (χ1v) is 10.1. The van der Waals surface area contributed by atoms with Crippen molar-refractivity contribution in [1.82, 2.24) is 30.8 Å². The molecular weight excluding hydrogens is 364 g/mol. The maximum atomic E-state index is 12.1. The van der Waals surface area contributed by atoms with Gasteiger partial charge < -0.3 is 5.32 Å². The molecule has 2 aromatic rings. The molecule has 2 N–H and O–H groups in total. The predicted molar refractivity (Wildman–Crippen MR) is 103 cm³/mol. The molecule has 9 heteroatoms. The van der Waals surface area contributed by atoms with Crippen LogP contribution in [0.2, 0.25) is 0 Å². The van der Waals surface area contributed by atoms with Crippen LogP contribution in [0.25, 0.3) is 5.69 Å². The Hall–Kier alpha value is -2.42. The number of carbonyl (C=O) groups excluding carboxylic acids is 2. The van der Waals surface area contributed by atoms with Crippen LogP contribution < -0.4 is 10.6 Å². The smallest absolute Gasteiger partial charge is 0.321 e. The van der Waals surface area contributed by atoms with E-state index >= 15 is 0 Å². The van der Waals surface area contributed by atoms with Crippen molar-refractivity contribution in [1.29, 1.82) is 0 Å². The number of rotatable bonds is 5. The van der Waals surface area contributed by atoms with E-state index in [2.05, 4.69) is 26.2 Å². The van der Waals surface area contributed by atoms with Crippen molar-refractivity contribution in [2.24, 2.45) is 0 Å². The van der Waals surface area contributed by atoms with Crippen LogP contribution in [0.3, 0.4) is 0 Å². The highest BCUT2D eigenvalue weighted by atomic mass is 32.2. The van der Waals surface area contributed by atoms with Crippen LogP contribution in [-0.2, 0) is 4.79 Å². The lowest BCUT2D eigenvalue weighted by Crippen LogP contribution is -2.45. The molecule has 0 atom stereocenters. The van der Waals surface area contributed by atoms with E-state index in [9.17, 15) is 9.59 Å². The Morgan fingerprint density at radius 2 is 1.89 bits per heavy atom. The Kier molecular flexibility index (Phi) is 6.44. The van der Waals surface area contributed by atoms with Gasteiger partial charge in [-0.05, 0) is 48.2 Å². The Labute approximate surface area is 162 Å². The van der Waals surface area contributed by atoms with Crippen molar-refractivity contribution >= 4 is 23.7 Å². The third-order valence-electron chi connectivity index (χ3n) is 4.62. The number of imide groups is 1. The van der Waals surface area contributed by atoms with Gasteiger partial charge in [0, 0.05) is 6.04 Å². The number of hydrogen-bond donors (Lipinski definition) is 2. The van der Waals surface area contributed by atoms with E-state index in [-0.39, 0.29) is 17.7 Å². The van der Waals surface area contributed by atoms with Gasteiger partial charge in [0.15, 0.2) is 0 Å². The van der Waals surface area contributed by atoms with Gasteiger partial charge in [0.05, 0.1) is 11.4 Å². The molecule has 0 saturated heterocycles. The SMILES string of the molecule is Cc1cccc(C)c1-n1nnnc1SCC(=O)NC(=O)NC1CCCCC1. The second kappa shape index (κ2) is 8.98. The lowest BCUT2D eigenvalue weighted by molar-refractivity contribution is -0.117. The van der Waals surface area contributed by atoms with Gasteiger partial charge in [-0.2, -0.15) is 4.68 Å². The van der Waals surface area contributed by atoms with Gasteiger partial charge in [0.1, 0.15) is 0 Å². The molecule has 1 heterocycles. The topological polar surface area (TPSA) is 102 Å². The number of carbonyl (C=O) groups is 2. The number of aromatic nitrogens is 4. The van der Waals surface area contributed by atoms with Gasteiger partial charge in [-0.3, -0.25) is 10.1 Å². The number of para-hydroxylation sites is 1. The summed E-state index contributed by atoms with van der Waals surface area (Å²) in [5.41, 5.74) is 2.99. The maximum absolute atomic E-state index is 12.1. The summed E-state index contributed by atoms with van der Waals surface area (Å²) in [6.07, 6.45) is 5.40. The lowest BCUT2D eigenvalue weighted by Gasteiger charge is -2.22. The first-order chi connectivity index (χ1) is 13.0. The molecule has 27 heavy (non-hydrogen) atoms. The molecule has 0 spiro atoms. The van der Waals surface area contributed by atoms with Gasteiger partial charge in [-0.1, -0.05) is 49.2 Å². The molecule has 144 valence electrons. The van der Waals surface area contributed by atoms with E-state index in [0.29, 0.717) is 5.16 Å². The molecule has 0 unspecified atom stereocenters. The number of hydrogen-bond acceptors (Lipinski definition) is 6. The van der Waals surface area contributed by atoms with Crippen LogP contribution in [-0.4, -0.2) is 43.9 Å². The molecule has 3 amide bonds. The maximum Gasteiger partial charge on any atom is 0.321 e. The molecule has 3 rings (SSSR count). The summed E-state index contributed by atoms with van der Waals surface area (Å²) in [5.74, 6) is -0.312. The van der Waals surface area contributed by atoms with Crippen molar-refractivity contribution in [2.75, 3.05) is 5.75 Å². The number of aryl methyl sites for hydroxylation is 2. The minimum Gasteiger partial charge on any atom is -0.335 e. The summed E-state index contributed by atoms with van der Waals surface area (Å²) in [4.78, 5) is 24.1. The molecular formula is C18H24N6O2S. The van der Waals surface area contributed by atoms with Crippen LogP contribution >= 0.6 is 11.8 Å². The van der Waals surface area contributed by atoms with Crippen LogP contribution in [0.4, 0.5) is 4.79 Å². The average molecular weight is 388 g/mol. The minimum atomic E-state index is -0.429. The molecule has 1 aromatic carbocycles. The fourth-order valence-corrected chi connectivity index (χ4v) is 3.99. The summed E-state index contributed by atoms with van der Waals surface area (Å²) in [7, 11) is 0. The van der Waals surface area contributed by atoms with Crippen LogP contribution in [0.15, 0.2) is 23.4 Å². The van der Waals surface area contributed by atoms with Crippen LogP contribution in [0, 0.1) is 13.8 Å². The summed E-state index contributed by atoms with van der Waals surface area (Å²) >= 11 is 1.20. The molecule has 1 aliphatic rings. The molecule has 8 nitrogen and oxygen atoms in total. The Balaban J connectivity index is 1.55. The second-order valence-electron chi connectivity index (χ2n) is 6.76. The first kappa shape index (κ1) is 19.3. The summed E-state index contributed by atoms with van der Waals surface area (Å²) in [6.45, 7) is 3.97. The van der Waals surface area contributed by atoms with Crippen molar-refractivity contribution in [3.05, 3.63) is 29.3 Å². The second-order valence-corrected chi connectivity index (χ2v) is 7.70. The fourth-order valence-electron chi connectivity index (χ4n) is 3.31. The summed E-state index contributed by atoms with van der Waals surface area (Å²) in [6, 6.07) is 5.68. The molecule has 1 aromatic heterocycles. The van der Waals surface area contributed by atoms with Gasteiger partial charge in [0.2, 0.25) is 11.1 Å². The quantitative estimate of drug-likeness (QED) is 0.763. The number of amides is 3. The van der Waals surface area contributed by atoms with E-state index < -0.39 is 6.03 Å². The zero-order valence-corrected chi connectivity index (χ0v) is 16.4. The predicted octanol–water partition coefficient (Wildman–Crippen LogP) is 2.53. The highest BCUT2D eigenvalue weighted by molar-refractivity contribution is 7.99. The molecule has 0 bridgehead atoms. The largest absolute Gasteiger partial charge is 0.335 e. The number of tetrazole rings is 1. The zero-order chi connectivity index (χ0) is 19.2. The van der Waals surface area contributed by atoms with E-state index in [1.54, 1.807) is 4.68 Å². The van der Waals surface area contributed by atoms with Crippen molar-refractivity contribution in [3.8, 4) is 5.69 Å². The monoisotopic (exact) mass is 388 g/mol. The van der Waals surface area contributed by atoms with Crippen LogP contribution in [0.1, 0.15) is 43.2 Å². The van der Waals surface area contributed by atoms with E-state index in [4.69, 9.17) is 0 Å². The Bertz CT molecular complexity index is 796. The number of nitrogens with one attached hydrogen (secondary N) is 2. The minimum absolute atomic E-state index is 0.0589. The van der Waals surface area contributed by atoms with E-state index in [0.717, 1.165) is 42.5 Å². The zero-order valence-electron chi connectivity index (χ0n) is 15.6. The van der Waals surface area contributed by atoms with E-state index in [1.165, 1.54) is 18.2 Å². The van der Waals surface area contributed by atoms with Crippen molar-refractivity contribution in [2.45, 2.75) is 57.1 Å². The Morgan fingerprint density at radius 3 is 2.59 bits per heavy atom. The first-order valence-electron chi connectivity index (χ1n) is 9.12. The van der Waals surface area contributed by atoms with Crippen molar-refractivity contribution in [3.63, 3.8) is 0 Å². The van der Waals surface area contributed by atoms with Crippen molar-refractivity contribution < 1.29 is 9.59 Å². The number of urea groups is 1. The summed E-state index contributed by atoms with van der Waals surface area (Å²) in [5, 5.41) is 17.5. The summed E-state index contributed by atoms with van der Waals surface area (Å²) < 4.78 is 1.63. The third-order valence-corrected chi connectivity index (χ3v) is 5.54. The molecule has 0 aliphatic heterocycles. The lowest BCUT2D eigenvalue weighted by atomic mass is 9.96. The normalized spacial score (nSPS) is 14.7.